The Morgan fingerprint density at radius 2 is 2.25 bits per heavy atom. The van der Waals surface area contributed by atoms with Crippen molar-refractivity contribution >= 4 is 5.97 Å². The van der Waals surface area contributed by atoms with E-state index < -0.39 is 30.5 Å². The largest absolute Gasteiger partial charge is 0.490 e. The monoisotopic (exact) mass is 230 g/mol. The molecule has 16 heavy (non-hydrogen) atoms. The number of hydrogen-bond donors (Lipinski definition) is 1. The summed E-state index contributed by atoms with van der Waals surface area (Å²) >= 11 is 0. The van der Waals surface area contributed by atoms with Gasteiger partial charge in [0.2, 0.25) is 0 Å². The van der Waals surface area contributed by atoms with Gasteiger partial charge in [0.25, 0.3) is 0 Å². The summed E-state index contributed by atoms with van der Waals surface area (Å²) in [5.41, 5.74) is -1.97. The Balaban J connectivity index is 2.54. The number of aliphatic carboxylic acids is 1. The normalized spacial score (nSPS) is 14.2. The molecule has 0 aliphatic heterocycles. The molecule has 3 nitrogen and oxygen atoms in total. The maximum absolute atomic E-state index is 13.5. The van der Waals surface area contributed by atoms with Crippen LogP contribution in [-0.2, 0) is 4.79 Å². The van der Waals surface area contributed by atoms with E-state index >= 15 is 0 Å². The second-order valence-electron chi connectivity index (χ2n) is 3.73. The highest BCUT2D eigenvalue weighted by atomic mass is 19.1. The number of ether oxygens (including phenoxy) is 1. The van der Waals surface area contributed by atoms with Gasteiger partial charge >= 0.3 is 5.97 Å². The Hall–Kier alpha value is -1.65. The second kappa shape index (κ2) is 4.92. The molecule has 0 heterocycles. The van der Waals surface area contributed by atoms with E-state index in [-0.39, 0.29) is 5.75 Å². The van der Waals surface area contributed by atoms with Gasteiger partial charge in [0.05, 0.1) is 6.42 Å². The van der Waals surface area contributed by atoms with Gasteiger partial charge in [-0.2, -0.15) is 0 Å². The van der Waals surface area contributed by atoms with Crippen molar-refractivity contribution in [3.05, 3.63) is 30.1 Å². The number of carboxylic acid groups (broad SMARTS) is 1. The quantitative estimate of drug-likeness (QED) is 0.844. The molecule has 1 rings (SSSR count). The number of hydrogen-bond acceptors (Lipinski definition) is 2. The molecule has 0 saturated carbocycles. The van der Waals surface area contributed by atoms with E-state index in [1.54, 1.807) is 0 Å². The lowest BCUT2D eigenvalue weighted by Crippen LogP contribution is -2.30. The first-order valence-corrected chi connectivity index (χ1v) is 4.68. The van der Waals surface area contributed by atoms with Crippen LogP contribution >= 0.6 is 0 Å². The summed E-state index contributed by atoms with van der Waals surface area (Å²) < 4.78 is 31.2. The minimum Gasteiger partial charge on any atom is -0.490 e. The van der Waals surface area contributed by atoms with Crippen molar-refractivity contribution < 1.29 is 23.4 Å². The second-order valence-corrected chi connectivity index (χ2v) is 3.73. The Morgan fingerprint density at radius 1 is 1.56 bits per heavy atom. The lowest BCUT2D eigenvalue weighted by atomic mass is 10.1. The first-order valence-electron chi connectivity index (χ1n) is 4.68. The van der Waals surface area contributed by atoms with Crippen LogP contribution in [0.4, 0.5) is 8.78 Å². The maximum Gasteiger partial charge on any atom is 0.306 e. The third-order valence-corrected chi connectivity index (χ3v) is 1.86. The number of rotatable bonds is 5. The summed E-state index contributed by atoms with van der Waals surface area (Å²) in [7, 11) is 0. The summed E-state index contributed by atoms with van der Waals surface area (Å²) in [5.74, 6) is -1.56. The van der Waals surface area contributed by atoms with Crippen LogP contribution in [-0.4, -0.2) is 23.4 Å². The Morgan fingerprint density at radius 3 is 2.81 bits per heavy atom. The van der Waals surface area contributed by atoms with Crippen molar-refractivity contribution in [1.29, 1.82) is 0 Å². The van der Waals surface area contributed by atoms with Gasteiger partial charge in [-0.1, -0.05) is 6.07 Å². The molecule has 1 N–H and O–H groups in total. The fraction of sp³-hybridized carbons (Fsp3) is 0.364. The lowest BCUT2D eigenvalue weighted by molar-refractivity contribution is -0.140. The number of benzene rings is 1. The first-order chi connectivity index (χ1) is 7.39. The van der Waals surface area contributed by atoms with Crippen LogP contribution in [0.1, 0.15) is 13.3 Å². The number of halogens is 2. The van der Waals surface area contributed by atoms with Gasteiger partial charge in [-0.25, -0.2) is 8.78 Å². The van der Waals surface area contributed by atoms with Crippen LogP contribution in [0.2, 0.25) is 0 Å². The highest BCUT2D eigenvalue weighted by Crippen LogP contribution is 2.19. The summed E-state index contributed by atoms with van der Waals surface area (Å²) in [6, 6.07) is 5.24. The van der Waals surface area contributed by atoms with E-state index in [0.29, 0.717) is 0 Å². The summed E-state index contributed by atoms with van der Waals surface area (Å²) in [6.07, 6.45) is -0.650. The smallest absolute Gasteiger partial charge is 0.306 e. The Labute approximate surface area is 91.7 Å². The predicted octanol–water partition coefficient (Wildman–Crippen LogP) is 2.41. The molecular weight excluding hydrogens is 218 g/mol. The van der Waals surface area contributed by atoms with Crippen LogP contribution in [0.3, 0.4) is 0 Å². The zero-order chi connectivity index (χ0) is 12.2. The van der Waals surface area contributed by atoms with Crippen molar-refractivity contribution in [1.82, 2.24) is 0 Å². The van der Waals surface area contributed by atoms with Gasteiger partial charge in [0.1, 0.15) is 18.2 Å². The fourth-order valence-electron chi connectivity index (χ4n) is 1.16. The Bertz CT molecular complexity index is 377. The van der Waals surface area contributed by atoms with Crippen molar-refractivity contribution in [2.75, 3.05) is 6.61 Å². The molecule has 1 aromatic rings. The van der Waals surface area contributed by atoms with Crippen LogP contribution in [0.5, 0.6) is 5.75 Å². The molecule has 0 aromatic heterocycles. The molecule has 0 aliphatic rings. The summed E-state index contributed by atoms with van der Waals surface area (Å²) in [6.45, 7) is 0.698. The van der Waals surface area contributed by atoms with Gasteiger partial charge in [0, 0.05) is 6.07 Å². The standard InChI is InChI=1S/C11H12F2O3/c1-11(13,6-10(14)15)7-16-9-4-2-3-8(12)5-9/h2-5H,6-7H2,1H3,(H,14,15). The number of carboxylic acids is 1. The van der Waals surface area contributed by atoms with Gasteiger partial charge in [-0.3, -0.25) is 4.79 Å². The summed E-state index contributed by atoms with van der Waals surface area (Å²) in [4.78, 5) is 10.3. The molecule has 1 aromatic carbocycles. The van der Waals surface area contributed by atoms with E-state index in [2.05, 4.69) is 0 Å². The topological polar surface area (TPSA) is 46.5 Å². The average Bonchev–Trinajstić information content (AvgIpc) is 2.13. The molecule has 0 spiro atoms. The van der Waals surface area contributed by atoms with Crippen molar-refractivity contribution in [3.63, 3.8) is 0 Å². The highest BCUT2D eigenvalue weighted by Gasteiger charge is 2.27. The molecule has 0 bridgehead atoms. The van der Waals surface area contributed by atoms with Crippen molar-refractivity contribution in [3.8, 4) is 5.75 Å². The molecule has 1 atom stereocenters. The van der Waals surface area contributed by atoms with E-state index in [9.17, 15) is 13.6 Å². The third kappa shape index (κ3) is 4.25. The lowest BCUT2D eigenvalue weighted by Gasteiger charge is -2.18. The predicted molar refractivity (Wildman–Crippen MR) is 53.7 cm³/mol. The fourth-order valence-corrected chi connectivity index (χ4v) is 1.16. The Kier molecular flexibility index (Phi) is 3.82. The molecule has 0 fully saturated rings. The van der Waals surface area contributed by atoms with Crippen molar-refractivity contribution in [2.24, 2.45) is 0 Å². The van der Waals surface area contributed by atoms with Crippen LogP contribution < -0.4 is 4.74 Å². The van der Waals surface area contributed by atoms with E-state index in [1.165, 1.54) is 18.2 Å². The van der Waals surface area contributed by atoms with E-state index in [0.717, 1.165) is 13.0 Å². The van der Waals surface area contributed by atoms with Crippen LogP contribution in [0.15, 0.2) is 24.3 Å². The molecule has 1 unspecified atom stereocenters. The number of carbonyl (C=O) groups is 1. The zero-order valence-corrected chi connectivity index (χ0v) is 8.74. The van der Waals surface area contributed by atoms with Gasteiger partial charge in [-0.15, -0.1) is 0 Å². The maximum atomic E-state index is 13.5. The first kappa shape index (κ1) is 12.4. The van der Waals surface area contributed by atoms with Gasteiger partial charge < -0.3 is 9.84 Å². The zero-order valence-electron chi connectivity index (χ0n) is 8.74. The SMILES string of the molecule is CC(F)(COc1cccc(F)c1)CC(=O)O. The van der Waals surface area contributed by atoms with Crippen LogP contribution in [0, 0.1) is 5.82 Å². The average molecular weight is 230 g/mol. The van der Waals surface area contributed by atoms with Crippen molar-refractivity contribution in [2.45, 2.75) is 19.0 Å². The molecule has 88 valence electrons. The molecular formula is C11H12F2O3. The minimum absolute atomic E-state index is 0.175. The summed E-state index contributed by atoms with van der Waals surface area (Å²) in [5, 5.41) is 8.43. The molecule has 5 heteroatoms. The van der Waals surface area contributed by atoms with E-state index in [1.807, 2.05) is 0 Å². The minimum atomic E-state index is -1.97. The molecule has 0 radical (unpaired) electrons. The molecule has 0 amide bonds. The van der Waals surface area contributed by atoms with E-state index in [4.69, 9.17) is 9.84 Å². The number of alkyl halides is 1. The third-order valence-electron chi connectivity index (χ3n) is 1.86. The molecule has 0 saturated heterocycles. The molecule has 0 aliphatic carbocycles. The van der Waals surface area contributed by atoms with Gasteiger partial charge in [-0.05, 0) is 19.1 Å². The van der Waals surface area contributed by atoms with Gasteiger partial charge in [0.15, 0.2) is 5.67 Å². The van der Waals surface area contributed by atoms with Crippen LogP contribution in [0.25, 0.3) is 0 Å². The highest BCUT2D eigenvalue weighted by molar-refractivity contribution is 5.68.